The number of aromatic amines is 1. The topological polar surface area (TPSA) is 97.3 Å². The number of hydrogen-bond donors (Lipinski definition) is 1. The zero-order valence-corrected chi connectivity index (χ0v) is 26.0. The maximum Gasteiger partial charge on any atom is 0.274 e. The molecule has 0 unspecified atom stereocenters. The summed E-state index contributed by atoms with van der Waals surface area (Å²) in [6.07, 6.45) is 1.79. The van der Waals surface area contributed by atoms with Gasteiger partial charge in [0, 0.05) is 33.3 Å². The number of aryl methyl sites for hydroxylation is 2. The molecule has 46 heavy (non-hydrogen) atoms. The number of aromatic nitrogens is 6. The van der Waals surface area contributed by atoms with Gasteiger partial charge < -0.3 is 0 Å². The van der Waals surface area contributed by atoms with Crippen molar-refractivity contribution in [2.24, 2.45) is 0 Å². The molecule has 0 radical (unpaired) electrons. The van der Waals surface area contributed by atoms with Gasteiger partial charge in [-0.15, -0.1) is 5.10 Å². The summed E-state index contributed by atoms with van der Waals surface area (Å²) in [7, 11) is 0. The van der Waals surface area contributed by atoms with Crippen LogP contribution in [-0.2, 0) is 0 Å². The van der Waals surface area contributed by atoms with E-state index in [-0.39, 0.29) is 27.7 Å². The normalized spacial score (nSPS) is 10.8. The Labute approximate surface area is 273 Å². The summed E-state index contributed by atoms with van der Waals surface area (Å²) >= 11 is 17.9. The second kappa shape index (κ2) is 13.7. The van der Waals surface area contributed by atoms with E-state index in [4.69, 9.17) is 34.8 Å². The third-order valence-electron chi connectivity index (χ3n) is 6.62. The van der Waals surface area contributed by atoms with Crippen LogP contribution in [-0.4, -0.2) is 30.4 Å². The van der Waals surface area contributed by atoms with Crippen LogP contribution in [0.5, 0.6) is 0 Å². The van der Waals surface area contributed by atoms with Gasteiger partial charge in [0.05, 0.1) is 34.9 Å². The van der Waals surface area contributed by atoms with E-state index in [0.717, 1.165) is 24.0 Å². The Bertz CT molecular complexity index is 2130. The van der Waals surface area contributed by atoms with Crippen molar-refractivity contribution in [1.29, 1.82) is 0 Å². The number of nitrogens with one attached hydrogen (secondary N) is 1. The van der Waals surface area contributed by atoms with Crippen molar-refractivity contribution in [3.63, 3.8) is 0 Å². The molecule has 0 aliphatic carbocycles. The second-order valence-electron chi connectivity index (χ2n) is 9.70. The minimum Gasteiger partial charge on any atom is -0.267 e. The number of benzene rings is 2. The van der Waals surface area contributed by atoms with Crippen molar-refractivity contribution >= 4 is 34.8 Å². The standard InChI is InChI=1S/C16H9Cl2F2N3.C16H10ClF2N3O/c1-8-13(9-2-4-10(17)5-3-9)14(16(18)23-22-8)15-12(20)6-11(19)7-21-15;1-8-13(9-2-4-10(17)5-3-9)14(16(23)22-21-8)15-12(19)6-11(18)7-20-15/h2-7H,1H3;2-7H,1H3,(H,22,23). The Kier molecular flexibility index (Phi) is 9.76. The highest BCUT2D eigenvalue weighted by molar-refractivity contribution is 6.33. The van der Waals surface area contributed by atoms with Gasteiger partial charge in [-0.25, -0.2) is 32.6 Å². The van der Waals surface area contributed by atoms with Gasteiger partial charge in [0.25, 0.3) is 5.56 Å². The van der Waals surface area contributed by atoms with Gasteiger partial charge in [-0.1, -0.05) is 59.1 Å². The van der Waals surface area contributed by atoms with Crippen molar-refractivity contribution < 1.29 is 17.6 Å². The van der Waals surface area contributed by atoms with Crippen LogP contribution >= 0.6 is 34.8 Å². The molecule has 4 aromatic heterocycles. The fourth-order valence-corrected chi connectivity index (χ4v) is 5.10. The maximum absolute atomic E-state index is 14.2. The van der Waals surface area contributed by atoms with Crippen LogP contribution in [0.3, 0.4) is 0 Å². The molecule has 4 heterocycles. The summed E-state index contributed by atoms with van der Waals surface area (Å²) < 4.78 is 54.5. The summed E-state index contributed by atoms with van der Waals surface area (Å²) in [4.78, 5) is 19.8. The average Bonchev–Trinajstić information content (AvgIpc) is 3.01. The molecule has 2 aromatic carbocycles. The van der Waals surface area contributed by atoms with Gasteiger partial charge in [0.2, 0.25) is 0 Å². The fraction of sp³-hybridized carbons (Fsp3) is 0.0625. The molecule has 6 aromatic rings. The SMILES string of the molecule is Cc1n[nH]c(=O)c(-c2ncc(F)cc2F)c1-c1ccc(Cl)cc1.Cc1nnc(Cl)c(-c2ncc(F)cc2F)c1-c1ccc(Cl)cc1. The van der Waals surface area contributed by atoms with E-state index in [1.54, 1.807) is 62.4 Å². The predicted molar refractivity (Wildman–Crippen MR) is 169 cm³/mol. The Morgan fingerprint density at radius 1 is 0.609 bits per heavy atom. The van der Waals surface area contributed by atoms with E-state index in [2.05, 4.69) is 30.4 Å². The highest BCUT2D eigenvalue weighted by atomic mass is 35.5. The smallest absolute Gasteiger partial charge is 0.267 e. The molecule has 7 nitrogen and oxygen atoms in total. The van der Waals surface area contributed by atoms with Crippen molar-refractivity contribution in [2.45, 2.75) is 13.8 Å². The van der Waals surface area contributed by atoms with Gasteiger partial charge >= 0.3 is 0 Å². The highest BCUT2D eigenvalue weighted by Gasteiger charge is 2.22. The number of rotatable bonds is 4. The van der Waals surface area contributed by atoms with Gasteiger partial charge in [0.15, 0.2) is 16.8 Å². The summed E-state index contributed by atoms with van der Waals surface area (Å²) in [5.41, 5.74) is 2.69. The van der Waals surface area contributed by atoms with Crippen LogP contribution in [0.2, 0.25) is 15.2 Å². The maximum atomic E-state index is 14.2. The minimum atomic E-state index is -0.920. The monoisotopic (exact) mass is 684 g/mol. The number of hydrogen-bond acceptors (Lipinski definition) is 6. The molecule has 0 aliphatic heterocycles. The van der Waals surface area contributed by atoms with Crippen LogP contribution in [0.25, 0.3) is 44.8 Å². The lowest BCUT2D eigenvalue weighted by atomic mass is 9.97. The first-order valence-electron chi connectivity index (χ1n) is 13.2. The van der Waals surface area contributed by atoms with Crippen molar-refractivity contribution in [1.82, 2.24) is 30.4 Å². The molecule has 0 amide bonds. The van der Waals surface area contributed by atoms with Crippen LogP contribution in [0, 0.1) is 37.1 Å². The second-order valence-corrected chi connectivity index (χ2v) is 10.9. The van der Waals surface area contributed by atoms with Crippen LogP contribution in [0.4, 0.5) is 17.6 Å². The van der Waals surface area contributed by atoms with E-state index in [9.17, 15) is 22.4 Å². The Morgan fingerprint density at radius 3 is 1.54 bits per heavy atom. The van der Waals surface area contributed by atoms with Crippen LogP contribution < -0.4 is 5.56 Å². The molecular weight excluding hydrogens is 667 g/mol. The zero-order chi connectivity index (χ0) is 33.1. The molecule has 1 N–H and O–H groups in total. The molecule has 0 saturated heterocycles. The lowest BCUT2D eigenvalue weighted by molar-refractivity contribution is 0.575. The Hall–Kier alpha value is -4.71. The lowest BCUT2D eigenvalue weighted by Crippen LogP contribution is -2.15. The molecule has 0 fully saturated rings. The molecule has 0 aliphatic rings. The number of pyridine rings is 2. The summed E-state index contributed by atoms with van der Waals surface area (Å²) in [5, 5.41) is 15.1. The van der Waals surface area contributed by atoms with Gasteiger partial charge in [-0.2, -0.15) is 10.2 Å². The summed E-state index contributed by atoms with van der Waals surface area (Å²) in [6, 6.07) is 15.0. The van der Waals surface area contributed by atoms with Crippen LogP contribution in [0.15, 0.2) is 77.9 Å². The first-order chi connectivity index (χ1) is 21.9. The minimum absolute atomic E-state index is 0.00248. The third kappa shape index (κ3) is 6.91. The number of H-pyrrole nitrogens is 1. The lowest BCUT2D eigenvalue weighted by Gasteiger charge is -2.13. The molecule has 6 rings (SSSR count). The first kappa shape index (κ1) is 32.7. The predicted octanol–water partition coefficient (Wildman–Crippen LogP) is 8.84. The largest absolute Gasteiger partial charge is 0.274 e. The van der Waals surface area contributed by atoms with Gasteiger partial charge in [-0.05, 0) is 49.2 Å². The first-order valence-corrected chi connectivity index (χ1v) is 14.3. The molecule has 0 saturated carbocycles. The van der Waals surface area contributed by atoms with Crippen molar-refractivity contribution in [3.05, 3.63) is 133 Å². The molecule has 0 bridgehead atoms. The molecular formula is C32H19Cl3F4N6O. The number of nitrogens with zero attached hydrogens (tertiary/aromatic N) is 5. The van der Waals surface area contributed by atoms with E-state index in [1.807, 2.05) is 0 Å². The van der Waals surface area contributed by atoms with Crippen molar-refractivity contribution in [2.75, 3.05) is 0 Å². The van der Waals surface area contributed by atoms with E-state index in [1.165, 1.54) is 0 Å². The fourth-order valence-electron chi connectivity index (χ4n) is 4.62. The third-order valence-corrected chi connectivity index (χ3v) is 7.39. The average molecular weight is 686 g/mol. The molecule has 232 valence electrons. The van der Waals surface area contributed by atoms with Crippen LogP contribution in [0.1, 0.15) is 11.4 Å². The van der Waals surface area contributed by atoms with Crippen molar-refractivity contribution in [3.8, 4) is 44.8 Å². The Morgan fingerprint density at radius 2 is 1.07 bits per heavy atom. The molecule has 0 atom stereocenters. The van der Waals surface area contributed by atoms with Gasteiger partial charge in [0.1, 0.15) is 23.0 Å². The summed E-state index contributed by atoms with van der Waals surface area (Å²) in [5.74, 6) is -3.33. The highest BCUT2D eigenvalue weighted by Crippen LogP contribution is 2.38. The van der Waals surface area contributed by atoms with E-state index in [0.29, 0.717) is 44.2 Å². The van der Waals surface area contributed by atoms with E-state index >= 15 is 0 Å². The quantitative estimate of drug-likeness (QED) is 0.186. The molecule has 0 spiro atoms. The molecule has 14 heteroatoms. The Balaban J connectivity index is 0.000000181. The van der Waals surface area contributed by atoms with E-state index < -0.39 is 28.8 Å². The summed E-state index contributed by atoms with van der Waals surface area (Å²) in [6.45, 7) is 3.39. The van der Waals surface area contributed by atoms with Gasteiger partial charge in [-0.3, -0.25) is 4.79 Å². The zero-order valence-electron chi connectivity index (χ0n) is 23.7. The number of halogens is 7.